The fourth-order valence-corrected chi connectivity index (χ4v) is 3.50. The molecule has 0 spiro atoms. The summed E-state index contributed by atoms with van der Waals surface area (Å²) in [5.74, 6) is -1.31. The van der Waals surface area contributed by atoms with Gasteiger partial charge in [-0.05, 0) is 37.3 Å². The molecule has 0 saturated heterocycles. The van der Waals surface area contributed by atoms with E-state index in [1.165, 1.54) is 0 Å². The van der Waals surface area contributed by atoms with Crippen LogP contribution in [0.1, 0.15) is 31.2 Å². The molecule has 0 radical (unpaired) electrons. The first-order valence-electron chi connectivity index (χ1n) is 8.59. The molecule has 0 bridgehead atoms. The maximum Gasteiger partial charge on any atom is 0.391 e. The number of urea groups is 1. The highest BCUT2D eigenvalue weighted by Gasteiger charge is 2.42. The topological polar surface area (TPSA) is 56.9 Å². The summed E-state index contributed by atoms with van der Waals surface area (Å²) >= 11 is 0. The molecule has 0 aliphatic heterocycles. The van der Waals surface area contributed by atoms with Gasteiger partial charge in [-0.2, -0.15) is 13.2 Å². The fraction of sp³-hybridized carbons (Fsp3) is 0.500. The molecule has 1 aromatic carbocycles. The zero-order chi connectivity index (χ0) is 17.9. The molecular weight excluding hydrogens is 331 g/mol. The lowest BCUT2D eigenvalue weighted by atomic mass is 9.85. The lowest BCUT2D eigenvalue weighted by molar-refractivity contribution is -0.183. The molecule has 2 unspecified atom stereocenters. The summed E-state index contributed by atoms with van der Waals surface area (Å²) in [5, 5.41) is 6.54. The highest BCUT2D eigenvalue weighted by molar-refractivity contribution is 5.83. The summed E-state index contributed by atoms with van der Waals surface area (Å²) in [6.45, 7) is 0.434. The van der Waals surface area contributed by atoms with E-state index in [0.717, 1.165) is 16.5 Å². The van der Waals surface area contributed by atoms with Crippen LogP contribution in [0.3, 0.4) is 0 Å². The third kappa shape index (κ3) is 4.46. The fourth-order valence-electron chi connectivity index (χ4n) is 3.50. The van der Waals surface area contributed by atoms with E-state index in [-0.39, 0.29) is 12.8 Å². The molecule has 2 aromatic rings. The summed E-state index contributed by atoms with van der Waals surface area (Å²) in [4.78, 5) is 15.1. The molecule has 2 atom stereocenters. The molecule has 25 heavy (non-hydrogen) atoms. The lowest BCUT2D eigenvalue weighted by Gasteiger charge is -2.31. The van der Waals surface area contributed by atoms with Crippen LogP contribution in [0, 0.1) is 5.92 Å². The Morgan fingerprint density at radius 2 is 2.04 bits per heavy atom. The number of aromatic amines is 1. The molecule has 1 aliphatic carbocycles. The van der Waals surface area contributed by atoms with Crippen LogP contribution in [0.5, 0.6) is 0 Å². The van der Waals surface area contributed by atoms with Gasteiger partial charge in [0.2, 0.25) is 0 Å². The minimum absolute atomic E-state index is 0.0284. The van der Waals surface area contributed by atoms with Gasteiger partial charge in [-0.15, -0.1) is 0 Å². The van der Waals surface area contributed by atoms with E-state index in [9.17, 15) is 18.0 Å². The van der Waals surface area contributed by atoms with Gasteiger partial charge in [-0.1, -0.05) is 24.6 Å². The molecule has 1 aromatic heterocycles. The second-order valence-electron chi connectivity index (χ2n) is 6.61. The Hall–Kier alpha value is -2.18. The molecule has 1 heterocycles. The molecule has 7 heteroatoms. The lowest BCUT2D eigenvalue weighted by Crippen LogP contribution is -2.46. The number of benzene rings is 1. The minimum Gasteiger partial charge on any atom is -0.361 e. The van der Waals surface area contributed by atoms with Crippen LogP contribution >= 0.6 is 0 Å². The monoisotopic (exact) mass is 353 g/mol. The quantitative estimate of drug-likeness (QED) is 0.760. The van der Waals surface area contributed by atoms with E-state index in [2.05, 4.69) is 15.6 Å². The van der Waals surface area contributed by atoms with Crippen LogP contribution in [-0.4, -0.2) is 29.8 Å². The summed E-state index contributed by atoms with van der Waals surface area (Å²) in [7, 11) is 0. The van der Waals surface area contributed by atoms with Crippen molar-refractivity contribution in [1.29, 1.82) is 0 Å². The molecule has 1 aliphatic rings. The zero-order valence-corrected chi connectivity index (χ0v) is 13.8. The number of H-pyrrole nitrogens is 1. The van der Waals surface area contributed by atoms with Gasteiger partial charge in [0.25, 0.3) is 0 Å². The number of amides is 2. The largest absolute Gasteiger partial charge is 0.391 e. The highest BCUT2D eigenvalue weighted by Crippen LogP contribution is 2.37. The van der Waals surface area contributed by atoms with Gasteiger partial charge in [0.05, 0.1) is 5.92 Å². The number of para-hydroxylation sites is 1. The molecule has 136 valence electrons. The van der Waals surface area contributed by atoms with Crippen LogP contribution in [-0.2, 0) is 6.42 Å². The van der Waals surface area contributed by atoms with Gasteiger partial charge < -0.3 is 15.6 Å². The van der Waals surface area contributed by atoms with Crippen molar-refractivity contribution >= 4 is 16.9 Å². The average Bonchev–Trinajstić information content (AvgIpc) is 2.98. The first-order valence-corrected chi connectivity index (χ1v) is 8.59. The second kappa shape index (κ2) is 7.37. The van der Waals surface area contributed by atoms with Gasteiger partial charge in [-0.25, -0.2) is 4.79 Å². The third-order valence-electron chi connectivity index (χ3n) is 4.83. The first kappa shape index (κ1) is 17.6. The second-order valence-corrected chi connectivity index (χ2v) is 6.61. The summed E-state index contributed by atoms with van der Waals surface area (Å²) in [6, 6.07) is 7.10. The molecule has 3 rings (SSSR count). The Labute approximate surface area is 144 Å². The zero-order valence-electron chi connectivity index (χ0n) is 13.8. The maximum atomic E-state index is 12.8. The van der Waals surface area contributed by atoms with Crippen LogP contribution in [0.25, 0.3) is 10.9 Å². The van der Waals surface area contributed by atoms with E-state index in [1.807, 2.05) is 30.5 Å². The molecule has 4 nitrogen and oxygen atoms in total. The summed E-state index contributed by atoms with van der Waals surface area (Å²) < 4.78 is 38.4. The van der Waals surface area contributed by atoms with Crippen molar-refractivity contribution < 1.29 is 18.0 Å². The normalized spacial score (nSPS) is 21.2. The van der Waals surface area contributed by atoms with Crippen molar-refractivity contribution in [3.63, 3.8) is 0 Å². The van der Waals surface area contributed by atoms with Crippen molar-refractivity contribution in [3.05, 3.63) is 36.0 Å². The Balaban J connectivity index is 1.45. The van der Waals surface area contributed by atoms with Gasteiger partial charge in [-0.3, -0.25) is 0 Å². The number of alkyl halides is 3. The molecule has 1 fully saturated rings. The predicted octanol–water partition coefficient (Wildman–Crippen LogP) is 4.13. The number of halogens is 3. The van der Waals surface area contributed by atoms with Crippen LogP contribution < -0.4 is 10.6 Å². The van der Waals surface area contributed by atoms with E-state index in [0.29, 0.717) is 25.8 Å². The highest BCUT2D eigenvalue weighted by atomic mass is 19.4. The maximum absolute atomic E-state index is 12.8. The van der Waals surface area contributed by atoms with Crippen molar-refractivity contribution in [1.82, 2.24) is 15.6 Å². The standard InChI is InChI=1S/C18H22F3N3O/c19-18(20,21)13-4-3-5-14(10-13)24-17(25)22-9-8-12-11-23-16-7-2-1-6-15(12)16/h1-2,6-7,11,13-14,23H,3-5,8-10H2,(H2,22,24,25). The van der Waals surface area contributed by atoms with Crippen molar-refractivity contribution in [2.24, 2.45) is 5.92 Å². The smallest absolute Gasteiger partial charge is 0.361 e. The molecule has 2 amide bonds. The van der Waals surface area contributed by atoms with E-state index in [4.69, 9.17) is 0 Å². The third-order valence-corrected chi connectivity index (χ3v) is 4.83. The Morgan fingerprint density at radius 3 is 2.84 bits per heavy atom. The summed E-state index contributed by atoms with van der Waals surface area (Å²) in [5.41, 5.74) is 2.15. The minimum atomic E-state index is -4.17. The number of fused-ring (bicyclic) bond motifs is 1. The predicted molar refractivity (Wildman–Crippen MR) is 90.3 cm³/mol. The number of rotatable bonds is 4. The Kier molecular flexibility index (Phi) is 5.20. The van der Waals surface area contributed by atoms with Gasteiger partial charge in [0.15, 0.2) is 0 Å². The van der Waals surface area contributed by atoms with Crippen LogP contribution in [0.4, 0.5) is 18.0 Å². The van der Waals surface area contributed by atoms with Crippen LogP contribution in [0.15, 0.2) is 30.5 Å². The molecule has 3 N–H and O–H groups in total. The number of hydrogen-bond acceptors (Lipinski definition) is 1. The van der Waals surface area contributed by atoms with E-state index in [1.54, 1.807) is 0 Å². The average molecular weight is 353 g/mol. The van der Waals surface area contributed by atoms with Gasteiger partial charge in [0.1, 0.15) is 0 Å². The number of aromatic nitrogens is 1. The van der Waals surface area contributed by atoms with Crippen molar-refractivity contribution in [2.75, 3.05) is 6.54 Å². The van der Waals surface area contributed by atoms with Gasteiger partial charge >= 0.3 is 12.2 Å². The molecule has 1 saturated carbocycles. The first-order chi connectivity index (χ1) is 11.9. The SMILES string of the molecule is O=C(NCCc1c[nH]c2ccccc12)NC1CCCC(C(F)(F)F)C1. The Bertz CT molecular complexity index is 726. The van der Waals surface area contributed by atoms with Crippen LogP contribution in [0.2, 0.25) is 0 Å². The molecular formula is C18H22F3N3O. The Morgan fingerprint density at radius 1 is 1.24 bits per heavy atom. The van der Waals surface area contributed by atoms with Gasteiger partial charge in [0, 0.05) is 29.7 Å². The number of hydrogen-bond donors (Lipinski definition) is 3. The number of carbonyl (C=O) groups is 1. The summed E-state index contributed by atoms with van der Waals surface area (Å²) in [6.07, 6.45) is -0.380. The van der Waals surface area contributed by atoms with Crippen molar-refractivity contribution in [3.8, 4) is 0 Å². The number of nitrogens with one attached hydrogen (secondary N) is 3. The number of carbonyl (C=O) groups excluding carboxylic acids is 1. The van der Waals surface area contributed by atoms with E-state index >= 15 is 0 Å². The van der Waals surface area contributed by atoms with Crippen molar-refractivity contribution in [2.45, 2.75) is 44.3 Å². The van der Waals surface area contributed by atoms with E-state index < -0.39 is 24.2 Å².